The molecule has 0 unspecified atom stereocenters. The van der Waals surface area contributed by atoms with Crippen molar-refractivity contribution < 1.29 is 18.3 Å². The Bertz CT molecular complexity index is 7810. The van der Waals surface area contributed by atoms with Crippen molar-refractivity contribution in [3.05, 3.63) is 410 Å². The SMILES string of the molecule is C[n+]1[c-]n(-c2ccc(-c3ccccc3-c3cc(-c4ccccc4-c4ccc(-n5[c-][n+](C)c6cc7c(cc65)C5CCC7CC5)cc4)cc(-c4cccc(-c5cc(-c6ccccc6-c6ccc(-n7[c-][n+](C)c8cc9c(cc87)C7CCC9CC7)cc6)cc(-c6ccccc6-c6ccc(-n7c[n+](C)c8cc9c(cc87)C7CCC9CC7)cc6)c5)c4-c4ccc(-c5ncccn5)cc4)c3)cc2)c2cc3c(cc21)C1CCC3CC1. The summed E-state index contributed by atoms with van der Waals surface area (Å²) in [6, 6.07) is 126. The van der Waals surface area contributed by atoms with E-state index >= 15 is 0 Å². The second-order valence-corrected chi connectivity index (χ2v) is 42.5. The van der Waals surface area contributed by atoms with Gasteiger partial charge in [0.1, 0.15) is 5.69 Å². The zero-order valence-corrected chi connectivity index (χ0v) is 80.8. The van der Waals surface area contributed by atoms with Gasteiger partial charge in [0, 0.05) is 18.0 Å². The zero-order chi connectivity index (χ0) is 93.8. The molecule has 10 heteroatoms. The van der Waals surface area contributed by atoms with E-state index in [1.807, 2.05) is 18.5 Å². The monoisotopic (exact) mass is 1830 g/mol. The minimum Gasteiger partial charge on any atom is -0.319 e. The lowest BCUT2D eigenvalue weighted by atomic mass is 9.67. The Morgan fingerprint density at radius 3 is 0.761 bits per heavy atom. The molecule has 33 rings (SSSR count). The maximum Gasteiger partial charge on any atom is 0.249 e. The normalized spacial score (nSPS) is 19.0. The standard InChI is InChI=1S/C132H109N10/c1-135-77-139(127-73-119-89-33-25-85(26-34-89)115(119)69-123(127)135)101-53-45-81(46-54-101)105-15-5-9-19-109(105)95-63-96(110-20-10-6-16-106(110)82-47-55-102(56-48-82)140-78-136(2)124-70-116-86-27-35-90(36-28-86)120(116)74-128(124)140)66-99(65-95)113-23-13-24-114(131(113)93-41-43-94(44-42-93)132-133-61-14-62-134-132)100-67-97(111-21-11-7-17-107(111)83-49-57-103(58-50-83)141-79-137(3)125-71-117-87-29-37-91(38-30-87)121(117)75-129(125)141)64-98(68-100)112-22-12-8-18-108(112)84-51-59-104(60-52-84)142-80-138(4)126-72-118-88-31-39-92(40-32-88)122(118)76-130(126)142/h5-24,41-77,85-92H,25-40H2,1-4H3/q+1. The Kier molecular flexibility index (Phi) is 19.4. The van der Waals surface area contributed by atoms with E-state index in [9.17, 15) is 0 Å². The molecule has 686 valence electrons. The molecule has 10 nitrogen and oxygen atoms in total. The molecule has 0 saturated heterocycles. The fraction of sp³-hybridized carbons (Fsp3) is 0.212. The molecule has 8 bridgehead atoms. The van der Waals surface area contributed by atoms with Crippen LogP contribution in [0.3, 0.4) is 0 Å². The third kappa shape index (κ3) is 13.7. The minimum atomic E-state index is 0.636. The van der Waals surface area contributed by atoms with E-state index < -0.39 is 0 Å². The summed E-state index contributed by atoms with van der Waals surface area (Å²) >= 11 is 0. The number of benzene rings is 16. The summed E-state index contributed by atoms with van der Waals surface area (Å²) in [6.07, 6.45) is 38.0. The lowest BCUT2D eigenvalue weighted by molar-refractivity contribution is -0.649. The third-order valence-corrected chi connectivity index (χ3v) is 34.9. The van der Waals surface area contributed by atoms with Crippen LogP contribution in [0.5, 0.6) is 0 Å². The van der Waals surface area contributed by atoms with Crippen molar-refractivity contribution in [3.8, 4) is 157 Å². The Morgan fingerprint density at radius 2 is 0.458 bits per heavy atom. The largest absolute Gasteiger partial charge is 0.319 e. The van der Waals surface area contributed by atoms with E-state index in [2.05, 4.69) is 412 Å². The molecule has 142 heavy (non-hydrogen) atoms. The van der Waals surface area contributed by atoms with Gasteiger partial charge in [0.05, 0.1) is 78.4 Å². The van der Waals surface area contributed by atoms with Crippen LogP contribution in [0.25, 0.3) is 201 Å². The Labute approximate surface area is 829 Å². The van der Waals surface area contributed by atoms with Gasteiger partial charge in [-0.3, -0.25) is 0 Å². The van der Waals surface area contributed by atoms with E-state index in [-0.39, 0.29) is 0 Å². The quantitative estimate of drug-likeness (QED) is 0.0715. The Morgan fingerprint density at radius 1 is 0.218 bits per heavy atom. The van der Waals surface area contributed by atoms with Crippen molar-refractivity contribution in [3.63, 3.8) is 0 Å². The molecule has 0 spiro atoms. The lowest BCUT2D eigenvalue weighted by Gasteiger charge is -2.38. The summed E-state index contributed by atoms with van der Waals surface area (Å²) < 4.78 is 18.2. The summed E-state index contributed by atoms with van der Waals surface area (Å²) in [4.78, 5) is 9.65. The number of rotatable bonds is 16. The van der Waals surface area contributed by atoms with E-state index in [4.69, 9.17) is 9.97 Å². The first kappa shape index (κ1) is 83.5. The van der Waals surface area contributed by atoms with Crippen molar-refractivity contribution >= 4 is 44.1 Å². The molecule has 4 fully saturated rings. The van der Waals surface area contributed by atoms with Crippen LogP contribution < -0.4 is 18.3 Å². The van der Waals surface area contributed by atoms with E-state index in [1.165, 1.54) is 147 Å². The van der Waals surface area contributed by atoms with Crippen LogP contribution in [0.1, 0.15) is 195 Å². The first-order chi connectivity index (χ1) is 69.9. The van der Waals surface area contributed by atoms with Gasteiger partial charge in [-0.15, -0.1) is 0 Å². The highest BCUT2D eigenvalue weighted by Crippen LogP contribution is 2.57. The smallest absolute Gasteiger partial charge is 0.249 e. The van der Waals surface area contributed by atoms with E-state index in [0.29, 0.717) is 53.2 Å². The van der Waals surface area contributed by atoms with Crippen LogP contribution in [0.15, 0.2) is 346 Å². The molecule has 0 amide bonds. The topological polar surface area (TPSA) is 61.0 Å². The van der Waals surface area contributed by atoms with Crippen molar-refractivity contribution in [2.24, 2.45) is 28.2 Å². The van der Waals surface area contributed by atoms with Crippen molar-refractivity contribution in [2.45, 2.75) is 150 Å². The Balaban J connectivity index is 0.608. The summed E-state index contributed by atoms with van der Waals surface area (Å²) in [6.45, 7) is 0. The molecule has 0 atom stereocenters. The highest BCUT2D eigenvalue weighted by molar-refractivity contribution is 6.02. The molecule has 0 radical (unpaired) electrons. The average molecular weight is 1840 g/mol. The zero-order valence-electron chi connectivity index (χ0n) is 80.8. The number of fused-ring (bicyclic) bond motifs is 12. The molecule has 0 aliphatic heterocycles. The summed E-state index contributed by atoms with van der Waals surface area (Å²) in [5.41, 5.74) is 52.6. The van der Waals surface area contributed by atoms with Gasteiger partial charge in [0.2, 0.25) is 25.3 Å². The maximum absolute atomic E-state index is 4.82. The first-order valence-corrected chi connectivity index (χ1v) is 52.0. The van der Waals surface area contributed by atoms with Crippen molar-refractivity contribution in [1.29, 1.82) is 0 Å². The fourth-order valence-corrected chi connectivity index (χ4v) is 27.7. The minimum absolute atomic E-state index is 0.636. The van der Waals surface area contributed by atoms with Gasteiger partial charge >= 0.3 is 0 Å². The molecule has 12 aliphatic rings. The van der Waals surface area contributed by atoms with Crippen LogP contribution in [0.2, 0.25) is 0 Å². The van der Waals surface area contributed by atoms with Gasteiger partial charge in [0.15, 0.2) is 16.9 Å². The van der Waals surface area contributed by atoms with Crippen LogP contribution in [-0.4, -0.2) is 28.2 Å². The molecular weight excluding hydrogens is 1730 g/mol. The molecule has 21 aromatic rings. The van der Waals surface area contributed by atoms with Gasteiger partial charge < -0.3 is 27.4 Å². The van der Waals surface area contributed by atoms with Crippen LogP contribution in [0.4, 0.5) is 0 Å². The molecule has 4 saturated carbocycles. The van der Waals surface area contributed by atoms with E-state index in [0.717, 1.165) is 151 Å². The van der Waals surface area contributed by atoms with Gasteiger partial charge in [-0.2, -0.15) is 4.57 Å². The molecule has 5 aromatic heterocycles. The number of aryl methyl sites for hydroxylation is 4. The first-order valence-electron chi connectivity index (χ1n) is 52.0. The number of imidazole rings is 4. The van der Waals surface area contributed by atoms with Gasteiger partial charge in [-0.25, -0.2) is 14.5 Å². The predicted molar refractivity (Wildman–Crippen MR) is 572 cm³/mol. The van der Waals surface area contributed by atoms with Crippen LogP contribution in [0, 0.1) is 19.0 Å². The molecule has 5 heterocycles. The van der Waals surface area contributed by atoms with Crippen molar-refractivity contribution in [1.82, 2.24) is 28.2 Å². The van der Waals surface area contributed by atoms with Crippen LogP contribution >= 0.6 is 0 Å². The highest BCUT2D eigenvalue weighted by Gasteiger charge is 2.39. The number of hydrogen-bond acceptors (Lipinski definition) is 2. The van der Waals surface area contributed by atoms with Gasteiger partial charge in [-0.1, -0.05) is 261 Å². The Hall–Kier alpha value is -15.5. The van der Waals surface area contributed by atoms with E-state index in [1.54, 1.807) is 44.5 Å². The molecule has 12 aliphatic carbocycles. The molecule has 16 aromatic carbocycles. The van der Waals surface area contributed by atoms with Crippen molar-refractivity contribution in [2.75, 3.05) is 0 Å². The van der Waals surface area contributed by atoms with Gasteiger partial charge in [-0.05, 0) is 384 Å². The lowest BCUT2D eigenvalue weighted by Crippen LogP contribution is -2.27. The number of hydrogen-bond donors (Lipinski definition) is 0. The summed E-state index contributed by atoms with van der Waals surface area (Å²) in [5, 5.41) is 0. The molecule has 0 N–H and O–H groups in total. The molecular formula is C132H109N10+. The predicted octanol–water partition coefficient (Wildman–Crippen LogP) is 30.0. The summed E-state index contributed by atoms with van der Waals surface area (Å²) in [7, 11) is 8.69. The fourth-order valence-electron chi connectivity index (χ4n) is 27.7. The average Bonchev–Trinajstić information content (AvgIpc) is 1.52. The number of nitrogens with zero attached hydrogens (tertiary/aromatic N) is 10. The number of aromatic nitrogens is 10. The second kappa shape index (κ2) is 33.1. The maximum atomic E-state index is 4.82. The van der Waals surface area contributed by atoms with Crippen LogP contribution in [-0.2, 0) is 28.2 Å². The summed E-state index contributed by atoms with van der Waals surface area (Å²) in [5.74, 6) is 5.90. The third-order valence-electron chi connectivity index (χ3n) is 34.9. The highest BCUT2D eigenvalue weighted by atomic mass is 15.1. The second-order valence-electron chi connectivity index (χ2n) is 42.5. The van der Waals surface area contributed by atoms with Gasteiger partial charge in [0.25, 0.3) is 0 Å².